The van der Waals surface area contributed by atoms with Crippen LogP contribution in [-0.4, -0.2) is 80.3 Å². The second-order valence-electron chi connectivity index (χ2n) is 13.6. The average molecular weight is 620 g/mol. The Balaban J connectivity index is 1.99. The van der Waals surface area contributed by atoms with E-state index in [9.17, 15) is 9.90 Å². The lowest BCUT2D eigenvalue weighted by atomic mass is 9.99. The van der Waals surface area contributed by atoms with Gasteiger partial charge in [0, 0.05) is 12.6 Å². The maximum atomic E-state index is 12.1. The van der Waals surface area contributed by atoms with Gasteiger partial charge in [-0.3, -0.25) is 4.79 Å². The van der Waals surface area contributed by atoms with Crippen molar-refractivity contribution in [2.45, 2.75) is 96.6 Å². The van der Waals surface area contributed by atoms with Gasteiger partial charge >= 0.3 is 0 Å². The van der Waals surface area contributed by atoms with E-state index in [0.717, 1.165) is 16.7 Å². The summed E-state index contributed by atoms with van der Waals surface area (Å²) in [6.45, 7) is 21.0. The number of hydrogen-bond donors (Lipinski definition) is 2. The Morgan fingerprint density at radius 2 is 1.39 bits per heavy atom. The van der Waals surface area contributed by atoms with Crippen LogP contribution in [0, 0.1) is 6.92 Å². The summed E-state index contributed by atoms with van der Waals surface area (Å²) < 4.78 is 33.1. The van der Waals surface area contributed by atoms with Gasteiger partial charge in [-0.15, -0.1) is 0 Å². The SMILES string of the molecule is CNC(=O)c1cccc(-c2ccc(O[C@H]3O[C@@H](CO)[C@@H](O[Si](C)(C)C)[C@H](O[Si](C)(C)C)[C@H]3O[Si](C)(C)C)c(C)c2)c1. The third-order valence-corrected chi connectivity index (χ3v) is 9.28. The largest absolute Gasteiger partial charge is 0.462 e. The fourth-order valence-corrected chi connectivity index (χ4v) is 8.07. The Hall–Kier alpha value is -1.84. The van der Waals surface area contributed by atoms with Gasteiger partial charge < -0.3 is 33.2 Å². The molecule has 2 aromatic carbocycles. The van der Waals surface area contributed by atoms with E-state index < -0.39 is 55.7 Å². The van der Waals surface area contributed by atoms with Crippen molar-refractivity contribution in [3.63, 3.8) is 0 Å². The third kappa shape index (κ3) is 9.58. The van der Waals surface area contributed by atoms with Crippen molar-refractivity contribution >= 4 is 30.9 Å². The Morgan fingerprint density at radius 1 is 0.829 bits per heavy atom. The van der Waals surface area contributed by atoms with Crippen molar-refractivity contribution in [1.82, 2.24) is 5.32 Å². The van der Waals surface area contributed by atoms with Gasteiger partial charge in [0.2, 0.25) is 6.29 Å². The molecular weight excluding hydrogens is 571 g/mol. The summed E-state index contributed by atoms with van der Waals surface area (Å²) >= 11 is 0. The minimum atomic E-state index is -2.09. The standard InChI is InChI=1S/C30H49NO7Si3/c1-20-17-22(21-13-12-14-23(18-21)29(33)31-2)15-16-24(20)34-30-28(38-41(9,10)11)27(37-40(6,7)8)26(25(19-32)35-30)36-39(3,4)5/h12-18,25-28,30,32H,19H2,1-11H3,(H,31,33)/t25-,26+,27-,28+,30-/m0/s1. The molecule has 3 rings (SSSR count). The van der Waals surface area contributed by atoms with Crippen LogP contribution in [0.1, 0.15) is 15.9 Å². The van der Waals surface area contributed by atoms with Crippen LogP contribution in [0.15, 0.2) is 42.5 Å². The maximum Gasteiger partial charge on any atom is 0.251 e. The van der Waals surface area contributed by atoms with Crippen molar-refractivity contribution < 1.29 is 32.7 Å². The van der Waals surface area contributed by atoms with Crippen LogP contribution < -0.4 is 10.1 Å². The molecule has 228 valence electrons. The molecular formula is C30H49NO7Si3. The lowest BCUT2D eigenvalue weighted by molar-refractivity contribution is -0.266. The number of aryl methyl sites for hydroxylation is 1. The number of aliphatic hydroxyl groups is 1. The molecule has 0 saturated carbocycles. The summed E-state index contributed by atoms with van der Waals surface area (Å²) in [4.78, 5) is 12.1. The molecule has 0 bridgehead atoms. The number of nitrogens with one attached hydrogen (secondary N) is 1. The number of aliphatic hydroxyl groups excluding tert-OH is 1. The average Bonchev–Trinajstić information content (AvgIpc) is 2.85. The van der Waals surface area contributed by atoms with Crippen molar-refractivity contribution in [3.05, 3.63) is 53.6 Å². The third-order valence-electron chi connectivity index (χ3n) is 6.34. The van der Waals surface area contributed by atoms with Gasteiger partial charge in [0.05, 0.1) is 6.61 Å². The predicted octanol–water partition coefficient (Wildman–Crippen LogP) is 5.78. The Bertz CT molecular complexity index is 1190. The predicted molar refractivity (Wildman–Crippen MR) is 171 cm³/mol. The fraction of sp³-hybridized carbons (Fsp3) is 0.567. The van der Waals surface area contributed by atoms with Gasteiger partial charge in [-0.25, -0.2) is 0 Å². The molecule has 0 spiro atoms. The van der Waals surface area contributed by atoms with E-state index in [2.05, 4.69) is 64.2 Å². The molecule has 1 fully saturated rings. The van der Waals surface area contributed by atoms with Gasteiger partial charge in [0.1, 0.15) is 30.2 Å². The van der Waals surface area contributed by atoms with E-state index in [0.29, 0.717) is 11.3 Å². The summed E-state index contributed by atoms with van der Waals surface area (Å²) in [7, 11) is -4.56. The van der Waals surface area contributed by atoms with Crippen molar-refractivity contribution in [2.75, 3.05) is 13.7 Å². The first-order chi connectivity index (χ1) is 18.9. The van der Waals surface area contributed by atoms with Gasteiger partial charge in [-0.05, 0) is 107 Å². The van der Waals surface area contributed by atoms with Gasteiger partial charge in [0.15, 0.2) is 25.0 Å². The topological polar surface area (TPSA) is 95.5 Å². The highest BCUT2D eigenvalue weighted by molar-refractivity contribution is 6.70. The first kappa shape index (κ1) is 33.7. The minimum absolute atomic E-state index is 0.128. The highest BCUT2D eigenvalue weighted by atomic mass is 28.4. The molecule has 11 heteroatoms. The van der Waals surface area contributed by atoms with E-state index in [1.807, 2.05) is 43.3 Å². The summed E-state index contributed by atoms with van der Waals surface area (Å²) in [5.41, 5.74) is 3.41. The van der Waals surface area contributed by atoms with E-state index >= 15 is 0 Å². The number of hydrogen-bond acceptors (Lipinski definition) is 7. The lowest BCUT2D eigenvalue weighted by Crippen LogP contribution is -2.66. The number of amides is 1. The van der Waals surface area contributed by atoms with Crippen LogP contribution in [0.5, 0.6) is 5.75 Å². The number of ether oxygens (including phenoxy) is 2. The van der Waals surface area contributed by atoms with Crippen LogP contribution in [0.25, 0.3) is 11.1 Å². The summed E-state index contributed by atoms with van der Waals surface area (Å²) in [5, 5.41) is 13.1. The highest BCUT2D eigenvalue weighted by Gasteiger charge is 2.52. The molecule has 1 saturated heterocycles. The van der Waals surface area contributed by atoms with Crippen LogP contribution in [0.2, 0.25) is 58.9 Å². The molecule has 5 atom stereocenters. The number of rotatable bonds is 11. The quantitative estimate of drug-likeness (QED) is 0.308. The zero-order valence-electron chi connectivity index (χ0n) is 26.5. The zero-order valence-corrected chi connectivity index (χ0v) is 29.5. The molecule has 0 unspecified atom stereocenters. The lowest BCUT2D eigenvalue weighted by Gasteiger charge is -2.50. The molecule has 0 aliphatic carbocycles. The van der Waals surface area contributed by atoms with Crippen molar-refractivity contribution in [2.24, 2.45) is 0 Å². The van der Waals surface area contributed by atoms with E-state index in [4.69, 9.17) is 22.8 Å². The Labute approximate surface area is 249 Å². The normalized spacial score (nSPS) is 23.8. The molecule has 8 nitrogen and oxygen atoms in total. The molecule has 1 amide bonds. The monoisotopic (exact) mass is 619 g/mol. The van der Waals surface area contributed by atoms with E-state index in [1.54, 1.807) is 13.1 Å². The Kier molecular flexibility index (Phi) is 10.8. The smallest absolute Gasteiger partial charge is 0.251 e. The van der Waals surface area contributed by atoms with Gasteiger partial charge in [-0.2, -0.15) is 0 Å². The first-order valence-corrected chi connectivity index (χ1v) is 24.5. The molecule has 41 heavy (non-hydrogen) atoms. The second-order valence-corrected chi connectivity index (χ2v) is 26.9. The highest BCUT2D eigenvalue weighted by Crippen LogP contribution is 2.36. The molecule has 1 aliphatic heterocycles. The molecule has 2 aromatic rings. The van der Waals surface area contributed by atoms with Gasteiger partial charge in [0.25, 0.3) is 5.91 Å². The van der Waals surface area contributed by atoms with E-state index in [-0.39, 0.29) is 12.5 Å². The molecule has 1 heterocycles. The minimum Gasteiger partial charge on any atom is -0.462 e. The summed E-state index contributed by atoms with van der Waals surface area (Å²) in [6.07, 6.45) is -2.90. The molecule has 0 radical (unpaired) electrons. The number of carbonyl (C=O) groups is 1. The molecule has 2 N–H and O–H groups in total. The van der Waals surface area contributed by atoms with Crippen LogP contribution in [0.3, 0.4) is 0 Å². The number of benzene rings is 2. The molecule has 1 aliphatic rings. The number of carbonyl (C=O) groups excluding carboxylic acids is 1. The Morgan fingerprint density at radius 3 is 1.93 bits per heavy atom. The van der Waals surface area contributed by atoms with E-state index in [1.165, 1.54) is 0 Å². The first-order valence-electron chi connectivity index (χ1n) is 14.3. The molecule has 0 aromatic heterocycles. The summed E-state index contributed by atoms with van der Waals surface area (Å²) in [5.74, 6) is 0.523. The van der Waals surface area contributed by atoms with Gasteiger partial charge in [-0.1, -0.05) is 18.2 Å². The zero-order chi connectivity index (χ0) is 30.8. The fourth-order valence-electron chi connectivity index (χ4n) is 4.82. The van der Waals surface area contributed by atoms with Crippen LogP contribution in [0.4, 0.5) is 0 Å². The second kappa shape index (κ2) is 13.2. The summed E-state index contributed by atoms with van der Waals surface area (Å²) in [6, 6.07) is 13.4. The van der Waals surface area contributed by atoms with Crippen LogP contribution >= 0.6 is 0 Å². The van der Waals surface area contributed by atoms with Crippen LogP contribution in [-0.2, 0) is 18.0 Å². The van der Waals surface area contributed by atoms with Crippen molar-refractivity contribution in [1.29, 1.82) is 0 Å². The maximum absolute atomic E-state index is 12.1. The van der Waals surface area contributed by atoms with Crippen molar-refractivity contribution in [3.8, 4) is 16.9 Å².